The van der Waals surface area contributed by atoms with Crippen molar-refractivity contribution in [2.45, 2.75) is 6.42 Å². The number of anilines is 3. The van der Waals surface area contributed by atoms with Crippen LogP contribution in [0, 0.1) is 0 Å². The van der Waals surface area contributed by atoms with Crippen LogP contribution in [-0.4, -0.2) is 51.4 Å². The number of imidazole rings is 1. The van der Waals surface area contributed by atoms with Crippen LogP contribution in [0.1, 0.15) is 15.9 Å². The van der Waals surface area contributed by atoms with Gasteiger partial charge < -0.3 is 20.7 Å². The van der Waals surface area contributed by atoms with Crippen LogP contribution >= 0.6 is 11.6 Å². The summed E-state index contributed by atoms with van der Waals surface area (Å²) in [6.45, 7) is 0.575. The van der Waals surface area contributed by atoms with Crippen LogP contribution in [0.15, 0.2) is 109 Å². The van der Waals surface area contributed by atoms with Gasteiger partial charge in [-0.15, -0.1) is 0 Å². The average Bonchev–Trinajstić information content (AvgIpc) is 3.46. The maximum atomic E-state index is 13.0. The van der Waals surface area contributed by atoms with Crippen molar-refractivity contribution in [1.82, 2.24) is 24.7 Å². The normalized spacial score (nSPS) is 10.9. The number of rotatable bonds is 11. The molecule has 6 aromatic rings. The van der Waals surface area contributed by atoms with Crippen molar-refractivity contribution in [3.8, 4) is 22.6 Å². The van der Waals surface area contributed by atoms with Crippen molar-refractivity contribution < 1.29 is 14.3 Å². The third-order valence-electron chi connectivity index (χ3n) is 7.16. The standard InChI is InChI=1S/C35H30ClN7O3/c1-46-22-31(44)37-18-16-23-12-14-25(15-13-23)40-35-38-19-17-29(41-35)33-32(42-30-11-4-5-20-43(30)33)24-7-6-8-26(21-24)39-34(45)27-9-2-3-10-28(27)36/h2-15,17,19-21H,16,18,22H2,1H3,(H,37,44)(H,39,45)(H,38,40,41). The quantitative estimate of drug-likeness (QED) is 0.151. The number of hydrogen-bond acceptors (Lipinski definition) is 7. The van der Waals surface area contributed by atoms with E-state index in [-0.39, 0.29) is 18.4 Å². The van der Waals surface area contributed by atoms with E-state index >= 15 is 0 Å². The number of amides is 2. The van der Waals surface area contributed by atoms with Gasteiger partial charge in [-0.25, -0.2) is 15.0 Å². The van der Waals surface area contributed by atoms with E-state index in [1.165, 1.54) is 7.11 Å². The first kappa shape index (κ1) is 30.4. The molecule has 3 heterocycles. The topological polar surface area (TPSA) is 123 Å². The van der Waals surface area contributed by atoms with E-state index in [0.717, 1.165) is 28.2 Å². The van der Waals surface area contributed by atoms with Gasteiger partial charge in [-0.05, 0) is 66.6 Å². The van der Waals surface area contributed by atoms with Crippen molar-refractivity contribution in [2.24, 2.45) is 0 Å². The summed E-state index contributed by atoms with van der Waals surface area (Å²) >= 11 is 6.25. The smallest absolute Gasteiger partial charge is 0.257 e. The van der Waals surface area contributed by atoms with Gasteiger partial charge in [-0.1, -0.05) is 54.1 Å². The summed E-state index contributed by atoms with van der Waals surface area (Å²) < 4.78 is 6.82. The fourth-order valence-corrected chi connectivity index (χ4v) is 5.21. The Morgan fingerprint density at radius 2 is 1.72 bits per heavy atom. The van der Waals surface area contributed by atoms with Crippen molar-refractivity contribution in [1.29, 1.82) is 0 Å². The fourth-order valence-electron chi connectivity index (χ4n) is 4.99. The van der Waals surface area contributed by atoms with Crippen LogP contribution in [0.3, 0.4) is 0 Å². The molecule has 0 aliphatic rings. The zero-order chi connectivity index (χ0) is 31.9. The number of methoxy groups -OCH3 is 1. The summed E-state index contributed by atoms with van der Waals surface area (Å²) in [7, 11) is 1.49. The molecular formula is C35H30ClN7O3. The van der Waals surface area contributed by atoms with E-state index in [1.54, 1.807) is 30.5 Å². The number of pyridine rings is 1. The molecule has 0 saturated heterocycles. The Hall–Kier alpha value is -5.58. The molecule has 0 fully saturated rings. The second kappa shape index (κ2) is 14.0. The summed E-state index contributed by atoms with van der Waals surface area (Å²) in [6.07, 6.45) is 4.34. The first-order chi connectivity index (χ1) is 22.5. The Balaban J connectivity index is 1.25. The summed E-state index contributed by atoms with van der Waals surface area (Å²) in [5.41, 5.74) is 6.61. The van der Waals surface area contributed by atoms with Gasteiger partial charge in [0.05, 0.1) is 27.7 Å². The van der Waals surface area contributed by atoms with Gasteiger partial charge >= 0.3 is 0 Å². The first-order valence-electron chi connectivity index (χ1n) is 14.6. The van der Waals surface area contributed by atoms with Crippen LogP contribution in [0.2, 0.25) is 5.02 Å². The lowest BCUT2D eigenvalue weighted by Gasteiger charge is -2.10. The number of aromatic nitrogens is 4. The number of nitrogens with zero attached hydrogens (tertiary/aromatic N) is 4. The van der Waals surface area contributed by atoms with Gasteiger partial charge in [-0.2, -0.15) is 0 Å². The maximum absolute atomic E-state index is 13.0. The molecular weight excluding hydrogens is 602 g/mol. The summed E-state index contributed by atoms with van der Waals surface area (Å²) in [5.74, 6) is -0.0131. The Labute approximate surface area is 270 Å². The lowest BCUT2D eigenvalue weighted by molar-refractivity contribution is -0.124. The van der Waals surface area contributed by atoms with E-state index < -0.39 is 0 Å². The molecule has 6 rings (SSSR count). The van der Waals surface area contributed by atoms with E-state index in [0.29, 0.717) is 46.6 Å². The van der Waals surface area contributed by atoms with Crippen LogP contribution in [0.5, 0.6) is 0 Å². The average molecular weight is 632 g/mol. The number of ether oxygens (including phenoxy) is 1. The minimum Gasteiger partial charge on any atom is -0.375 e. The SMILES string of the molecule is COCC(=O)NCCc1ccc(Nc2nccc(-c3c(-c4cccc(NC(=O)c5ccccc5Cl)c4)nc4ccccn34)n2)cc1. The molecule has 0 unspecified atom stereocenters. The lowest BCUT2D eigenvalue weighted by Crippen LogP contribution is -2.28. The van der Waals surface area contributed by atoms with Crippen LogP contribution in [0.4, 0.5) is 17.3 Å². The van der Waals surface area contributed by atoms with Crippen molar-refractivity contribution in [3.63, 3.8) is 0 Å². The zero-order valence-corrected chi connectivity index (χ0v) is 25.7. The molecule has 46 heavy (non-hydrogen) atoms. The number of hydrogen-bond donors (Lipinski definition) is 3. The zero-order valence-electron chi connectivity index (χ0n) is 24.9. The molecule has 11 heteroatoms. The van der Waals surface area contributed by atoms with E-state index in [2.05, 4.69) is 20.9 Å². The first-order valence-corrected chi connectivity index (χ1v) is 14.9. The summed E-state index contributed by atoms with van der Waals surface area (Å²) in [5, 5.41) is 9.44. The third kappa shape index (κ3) is 7.04. The molecule has 230 valence electrons. The van der Waals surface area contributed by atoms with Crippen LogP contribution in [0.25, 0.3) is 28.3 Å². The minimum absolute atomic E-state index is 0.0492. The highest BCUT2D eigenvalue weighted by molar-refractivity contribution is 6.34. The Morgan fingerprint density at radius 1 is 0.891 bits per heavy atom. The maximum Gasteiger partial charge on any atom is 0.257 e. The molecule has 10 nitrogen and oxygen atoms in total. The fraction of sp³-hybridized carbons (Fsp3) is 0.114. The number of fused-ring (bicyclic) bond motifs is 1. The Kier molecular flexibility index (Phi) is 9.28. The van der Waals surface area contributed by atoms with Gasteiger partial charge in [0.15, 0.2) is 0 Å². The van der Waals surface area contributed by atoms with Gasteiger partial charge in [0.2, 0.25) is 11.9 Å². The number of benzene rings is 3. The molecule has 0 saturated carbocycles. The second-order valence-electron chi connectivity index (χ2n) is 10.4. The van der Waals surface area contributed by atoms with Gasteiger partial charge in [0, 0.05) is 43.0 Å². The Morgan fingerprint density at radius 3 is 2.54 bits per heavy atom. The van der Waals surface area contributed by atoms with Crippen molar-refractivity contribution in [3.05, 3.63) is 126 Å². The molecule has 2 amide bonds. The lowest BCUT2D eigenvalue weighted by atomic mass is 10.1. The molecule has 0 radical (unpaired) electrons. The van der Waals surface area contributed by atoms with E-state index in [1.807, 2.05) is 83.4 Å². The highest BCUT2D eigenvalue weighted by Gasteiger charge is 2.19. The highest BCUT2D eigenvalue weighted by atomic mass is 35.5. The molecule has 3 aromatic carbocycles. The molecule has 3 aromatic heterocycles. The largest absolute Gasteiger partial charge is 0.375 e. The van der Waals surface area contributed by atoms with Gasteiger partial charge in [-0.3, -0.25) is 14.0 Å². The number of carbonyl (C=O) groups excluding carboxylic acids is 2. The van der Waals surface area contributed by atoms with Crippen molar-refractivity contribution >= 4 is 46.4 Å². The monoisotopic (exact) mass is 631 g/mol. The second-order valence-corrected chi connectivity index (χ2v) is 10.8. The van der Waals surface area contributed by atoms with E-state index in [4.69, 9.17) is 26.3 Å². The highest BCUT2D eigenvalue weighted by Crippen LogP contribution is 2.33. The minimum atomic E-state index is -0.300. The molecule has 3 N–H and O–H groups in total. The molecule has 0 spiro atoms. The van der Waals surface area contributed by atoms with Crippen LogP contribution in [-0.2, 0) is 16.0 Å². The number of carbonyl (C=O) groups is 2. The van der Waals surface area contributed by atoms with Gasteiger partial charge in [0.25, 0.3) is 5.91 Å². The molecule has 0 atom stereocenters. The van der Waals surface area contributed by atoms with Crippen molar-refractivity contribution in [2.75, 3.05) is 30.9 Å². The van der Waals surface area contributed by atoms with Crippen LogP contribution < -0.4 is 16.0 Å². The number of nitrogens with one attached hydrogen (secondary N) is 3. The third-order valence-corrected chi connectivity index (χ3v) is 7.49. The molecule has 0 aliphatic carbocycles. The summed E-state index contributed by atoms with van der Waals surface area (Å²) in [6, 6.07) is 30.0. The predicted molar refractivity (Wildman–Crippen MR) is 179 cm³/mol. The Bertz CT molecular complexity index is 2010. The molecule has 0 bridgehead atoms. The number of halogens is 1. The molecule has 0 aliphatic heterocycles. The van der Waals surface area contributed by atoms with Gasteiger partial charge in [0.1, 0.15) is 12.3 Å². The predicted octanol–water partition coefficient (Wildman–Crippen LogP) is 6.41. The summed E-state index contributed by atoms with van der Waals surface area (Å²) in [4.78, 5) is 38.8. The van der Waals surface area contributed by atoms with E-state index in [9.17, 15) is 9.59 Å².